The number of amides is 1. The maximum Gasteiger partial charge on any atom is 0.422 e. The van der Waals surface area contributed by atoms with Crippen LogP contribution in [0.15, 0.2) is 23.4 Å². The van der Waals surface area contributed by atoms with Gasteiger partial charge in [-0.2, -0.15) is 18.4 Å². The summed E-state index contributed by atoms with van der Waals surface area (Å²) in [7, 11) is 0. The van der Waals surface area contributed by atoms with Gasteiger partial charge in [0.05, 0.1) is 16.7 Å². The molecule has 5 nitrogen and oxygen atoms in total. The van der Waals surface area contributed by atoms with Gasteiger partial charge in [-0.15, -0.1) is 11.8 Å². The molecule has 0 aliphatic carbocycles. The lowest BCUT2D eigenvalue weighted by Gasteiger charge is -2.08. The number of nitrogens with zero attached hydrogens (tertiary/aromatic N) is 2. The molecule has 0 fully saturated rings. The third kappa shape index (κ3) is 6.84. The van der Waals surface area contributed by atoms with Crippen molar-refractivity contribution >= 4 is 17.9 Å². The lowest BCUT2D eigenvalue weighted by atomic mass is 10.3. The molecule has 0 aromatic carbocycles. The van der Waals surface area contributed by atoms with E-state index < -0.39 is 18.9 Å². The molecule has 1 heterocycles. The number of nitrogens with one attached hydrogen (secondary N) is 1. The van der Waals surface area contributed by atoms with E-state index in [1.54, 1.807) is 12.1 Å². The van der Waals surface area contributed by atoms with E-state index in [0.29, 0.717) is 16.3 Å². The monoisotopic (exact) mass is 305 g/mol. The van der Waals surface area contributed by atoms with E-state index in [1.807, 2.05) is 6.07 Å². The fraction of sp³-hybridized carbons (Fsp3) is 0.364. The number of thioether (sulfide) groups is 1. The standard InChI is InChI=1S/C11H10F3N3O2S/c12-11(13,14)7-19-10(18)17-3-4-20-9-5-8(6-15)1-2-16-9/h1-2,5H,3-4,7H2,(H,17,18). The quantitative estimate of drug-likeness (QED) is 0.667. The van der Waals surface area contributed by atoms with E-state index in [0.717, 1.165) is 0 Å². The third-order valence-electron chi connectivity index (χ3n) is 1.85. The van der Waals surface area contributed by atoms with Crippen molar-refractivity contribution < 1.29 is 22.7 Å². The summed E-state index contributed by atoms with van der Waals surface area (Å²) in [5.74, 6) is 0.392. The second-order valence-electron chi connectivity index (χ2n) is 3.46. The van der Waals surface area contributed by atoms with Crippen LogP contribution in [0.1, 0.15) is 5.56 Å². The molecule has 0 saturated heterocycles. The van der Waals surface area contributed by atoms with Crippen LogP contribution < -0.4 is 5.32 Å². The third-order valence-corrected chi connectivity index (χ3v) is 2.78. The van der Waals surface area contributed by atoms with Gasteiger partial charge in [0.1, 0.15) is 0 Å². The molecule has 0 atom stereocenters. The minimum Gasteiger partial charge on any atom is -0.440 e. The molecule has 0 spiro atoms. The first-order valence-electron chi connectivity index (χ1n) is 5.37. The number of alkyl halides is 3. The number of alkyl carbamates (subject to hydrolysis) is 1. The SMILES string of the molecule is N#Cc1ccnc(SCCNC(=O)OCC(F)(F)F)c1. The Labute approximate surface area is 117 Å². The van der Waals surface area contributed by atoms with Crippen LogP contribution in [0.25, 0.3) is 0 Å². The molecular weight excluding hydrogens is 295 g/mol. The van der Waals surface area contributed by atoms with Gasteiger partial charge >= 0.3 is 12.3 Å². The van der Waals surface area contributed by atoms with E-state index in [-0.39, 0.29) is 6.54 Å². The second-order valence-corrected chi connectivity index (χ2v) is 4.58. The summed E-state index contributed by atoms with van der Waals surface area (Å²) in [5.41, 5.74) is 0.458. The number of rotatable bonds is 5. The first kappa shape index (κ1) is 16.1. The smallest absolute Gasteiger partial charge is 0.422 e. The topological polar surface area (TPSA) is 75.0 Å². The van der Waals surface area contributed by atoms with E-state index in [2.05, 4.69) is 15.0 Å². The number of hydrogen-bond donors (Lipinski definition) is 1. The molecule has 0 saturated carbocycles. The van der Waals surface area contributed by atoms with Crippen molar-refractivity contribution in [3.05, 3.63) is 23.9 Å². The summed E-state index contributed by atoms with van der Waals surface area (Å²) in [5, 5.41) is 11.5. The predicted molar refractivity (Wildman–Crippen MR) is 65.1 cm³/mol. The number of pyridine rings is 1. The van der Waals surface area contributed by atoms with Crippen LogP contribution in [0.5, 0.6) is 0 Å². The van der Waals surface area contributed by atoms with Gasteiger partial charge in [0, 0.05) is 18.5 Å². The Morgan fingerprint density at radius 2 is 2.30 bits per heavy atom. The summed E-state index contributed by atoms with van der Waals surface area (Å²) < 4.78 is 39.2. The van der Waals surface area contributed by atoms with Crippen molar-refractivity contribution in [2.75, 3.05) is 18.9 Å². The number of nitriles is 1. The highest BCUT2D eigenvalue weighted by atomic mass is 32.2. The first-order chi connectivity index (χ1) is 9.40. The molecule has 0 aliphatic heterocycles. The molecule has 1 aromatic heterocycles. The molecular formula is C11H10F3N3O2S. The summed E-state index contributed by atoms with van der Waals surface area (Å²) >= 11 is 1.26. The van der Waals surface area contributed by atoms with E-state index >= 15 is 0 Å². The van der Waals surface area contributed by atoms with Gasteiger partial charge in [-0.1, -0.05) is 0 Å². The molecule has 0 unspecified atom stereocenters. The summed E-state index contributed by atoms with van der Waals surface area (Å²) in [6.45, 7) is -1.49. The lowest BCUT2D eigenvalue weighted by molar-refractivity contribution is -0.160. The molecule has 0 bridgehead atoms. The normalized spacial score (nSPS) is 10.7. The Morgan fingerprint density at radius 1 is 1.55 bits per heavy atom. The van der Waals surface area contributed by atoms with Crippen LogP contribution in [0, 0.1) is 11.3 Å². The number of carbonyl (C=O) groups excluding carboxylic acids is 1. The van der Waals surface area contributed by atoms with Crippen LogP contribution >= 0.6 is 11.8 Å². The average molecular weight is 305 g/mol. The van der Waals surface area contributed by atoms with E-state index in [9.17, 15) is 18.0 Å². The Morgan fingerprint density at radius 3 is 2.95 bits per heavy atom. The Kier molecular flexibility index (Phi) is 6.11. The van der Waals surface area contributed by atoms with Crippen LogP contribution in [0.3, 0.4) is 0 Å². The lowest BCUT2D eigenvalue weighted by Crippen LogP contribution is -2.30. The summed E-state index contributed by atoms with van der Waals surface area (Å²) in [6.07, 6.45) is -4.18. The van der Waals surface area contributed by atoms with Crippen LogP contribution in [-0.4, -0.2) is 36.2 Å². The van der Waals surface area contributed by atoms with Crippen molar-refractivity contribution in [3.63, 3.8) is 0 Å². The van der Waals surface area contributed by atoms with Gasteiger partial charge in [-0.3, -0.25) is 0 Å². The molecule has 1 rings (SSSR count). The maximum atomic E-state index is 11.8. The van der Waals surface area contributed by atoms with Gasteiger partial charge in [-0.25, -0.2) is 9.78 Å². The van der Waals surface area contributed by atoms with Crippen molar-refractivity contribution in [1.29, 1.82) is 5.26 Å². The molecule has 1 amide bonds. The van der Waals surface area contributed by atoms with Crippen LogP contribution in [-0.2, 0) is 4.74 Å². The molecule has 20 heavy (non-hydrogen) atoms. The Balaban J connectivity index is 2.21. The zero-order valence-corrected chi connectivity index (χ0v) is 10.9. The zero-order valence-electron chi connectivity index (χ0n) is 10.1. The van der Waals surface area contributed by atoms with Crippen molar-refractivity contribution in [2.24, 2.45) is 0 Å². The van der Waals surface area contributed by atoms with Gasteiger partial charge in [0.25, 0.3) is 0 Å². The predicted octanol–water partition coefficient (Wildman–Crippen LogP) is 2.33. The zero-order chi connectivity index (χ0) is 15.0. The van der Waals surface area contributed by atoms with Gasteiger partial charge in [0.15, 0.2) is 6.61 Å². The van der Waals surface area contributed by atoms with Crippen molar-refractivity contribution in [1.82, 2.24) is 10.3 Å². The number of carbonyl (C=O) groups is 1. The van der Waals surface area contributed by atoms with Gasteiger partial charge in [-0.05, 0) is 12.1 Å². The van der Waals surface area contributed by atoms with Crippen molar-refractivity contribution in [2.45, 2.75) is 11.2 Å². The van der Waals surface area contributed by atoms with Crippen LogP contribution in [0.4, 0.5) is 18.0 Å². The minimum absolute atomic E-state index is 0.125. The van der Waals surface area contributed by atoms with Gasteiger partial charge in [0.2, 0.25) is 0 Å². The fourth-order valence-corrected chi connectivity index (χ4v) is 1.82. The molecule has 0 aliphatic rings. The Hall–Kier alpha value is -1.95. The summed E-state index contributed by atoms with van der Waals surface area (Å²) in [6, 6.07) is 5.09. The highest BCUT2D eigenvalue weighted by Crippen LogP contribution is 2.15. The first-order valence-corrected chi connectivity index (χ1v) is 6.35. The average Bonchev–Trinajstić information content (AvgIpc) is 2.41. The highest BCUT2D eigenvalue weighted by Gasteiger charge is 2.29. The number of halogens is 3. The molecule has 9 heteroatoms. The largest absolute Gasteiger partial charge is 0.440 e. The molecule has 108 valence electrons. The fourth-order valence-electron chi connectivity index (χ4n) is 1.07. The number of ether oxygens (including phenoxy) is 1. The van der Waals surface area contributed by atoms with Crippen LogP contribution in [0.2, 0.25) is 0 Å². The molecule has 1 N–H and O–H groups in total. The number of hydrogen-bond acceptors (Lipinski definition) is 5. The minimum atomic E-state index is -4.53. The highest BCUT2D eigenvalue weighted by molar-refractivity contribution is 7.99. The summed E-state index contributed by atoms with van der Waals surface area (Å²) in [4.78, 5) is 14.9. The van der Waals surface area contributed by atoms with E-state index in [1.165, 1.54) is 18.0 Å². The van der Waals surface area contributed by atoms with Crippen molar-refractivity contribution in [3.8, 4) is 6.07 Å². The van der Waals surface area contributed by atoms with Gasteiger partial charge < -0.3 is 10.1 Å². The second kappa shape index (κ2) is 7.59. The Bertz CT molecular complexity index is 502. The molecule has 0 radical (unpaired) electrons. The number of aromatic nitrogens is 1. The maximum absolute atomic E-state index is 11.8. The van der Waals surface area contributed by atoms with E-state index in [4.69, 9.17) is 5.26 Å². The molecule has 1 aromatic rings.